The van der Waals surface area contributed by atoms with E-state index in [1.807, 2.05) is 0 Å². The standard InChI is InChI=1S/C17H16ClN5O2/c1-22(10-16(24)19-15-9-5-3-7-13(15)18)11-23-17(25)12-6-2-4-8-14(12)20-21-23/h2-9H,10-11H2,1H3,(H,19,24). The first-order valence-corrected chi connectivity index (χ1v) is 7.98. The minimum absolute atomic E-state index is 0.0756. The van der Waals surface area contributed by atoms with Gasteiger partial charge < -0.3 is 5.32 Å². The Labute approximate surface area is 148 Å². The number of amides is 1. The van der Waals surface area contributed by atoms with Gasteiger partial charge in [0.25, 0.3) is 5.56 Å². The second kappa shape index (κ2) is 7.42. The van der Waals surface area contributed by atoms with Crippen LogP contribution in [0.25, 0.3) is 10.9 Å². The Bertz CT molecular complexity index is 972. The smallest absolute Gasteiger partial charge is 0.278 e. The number of carbonyl (C=O) groups excluding carboxylic acids is 1. The number of hydrogen-bond acceptors (Lipinski definition) is 5. The van der Waals surface area contributed by atoms with Crippen LogP contribution in [0.5, 0.6) is 0 Å². The lowest BCUT2D eigenvalue weighted by Crippen LogP contribution is -2.36. The number of para-hydroxylation sites is 1. The van der Waals surface area contributed by atoms with Crippen LogP contribution in [-0.4, -0.2) is 39.4 Å². The molecule has 1 aromatic heterocycles. The third-order valence-corrected chi connectivity index (χ3v) is 3.90. The van der Waals surface area contributed by atoms with E-state index in [0.717, 1.165) is 0 Å². The van der Waals surface area contributed by atoms with Crippen molar-refractivity contribution in [3.8, 4) is 0 Å². The van der Waals surface area contributed by atoms with Gasteiger partial charge in [-0.1, -0.05) is 41.1 Å². The molecule has 0 saturated heterocycles. The molecule has 0 atom stereocenters. The lowest BCUT2D eigenvalue weighted by molar-refractivity contribution is -0.117. The number of benzene rings is 2. The molecule has 0 aliphatic rings. The number of rotatable bonds is 5. The molecule has 1 heterocycles. The fraction of sp³-hybridized carbons (Fsp3) is 0.176. The first-order valence-electron chi connectivity index (χ1n) is 7.60. The zero-order valence-corrected chi connectivity index (χ0v) is 14.3. The van der Waals surface area contributed by atoms with Gasteiger partial charge in [-0.2, -0.15) is 4.68 Å². The van der Waals surface area contributed by atoms with E-state index in [2.05, 4.69) is 15.6 Å². The molecule has 0 saturated carbocycles. The maximum absolute atomic E-state index is 12.4. The molecule has 7 nitrogen and oxygen atoms in total. The summed E-state index contributed by atoms with van der Waals surface area (Å²) in [6.07, 6.45) is 0. The van der Waals surface area contributed by atoms with Crippen LogP contribution >= 0.6 is 11.6 Å². The average Bonchev–Trinajstić information content (AvgIpc) is 2.59. The van der Waals surface area contributed by atoms with E-state index < -0.39 is 0 Å². The summed E-state index contributed by atoms with van der Waals surface area (Å²) in [6.45, 7) is 0.221. The van der Waals surface area contributed by atoms with E-state index in [-0.39, 0.29) is 24.7 Å². The maximum atomic E-state index is 12.4. The van der Waals surface area contributed by atoms with E-state index in [9.17, 15) is 9.59 Å². The highest BCUT2D eigenvalue weighted by molar-refractivity contribution is 6.33. The van der Waals surface area contributed by atoms with Gasteiger partial charge in [-0.25, -0.2) is 0 Å². The molecule has 128 valence electrons. The SMILES string of the molecule is CN(CC(=O)Nc1ccccc1Cl)Cn1nnc2ccccc2c1=O. The molecule has 25 heavy (non-hydrogen) atoms. The second-order valence-corrected chi connectivity index (χ2v) is 6.00. The molecule has 8 heteroatoms. The van der Waals surface area contributed by atoms with E-state index in [0.29, 0.717) is 21.6 Å². The maximum Gasteiger partial charge on any atom is 0.278 e. The lowest BCUT2D eigenvalue weighted by atomic mass is 10.2. The van der Waals surface area contributed by atoms with Crippen LogP contribution in [0.3, 0.4) is 0 Å². The quantitative estimate of drug-likeness (QED) is 0.755. The molecule has 0 fully saturated rings. The number of aromatic nitrogens is 3. The summed E-state index contributed by atoms with van der Waals surface area (Å²) in [7, 11) is 1.72. The highest BCUT2D eigenvalue weighted by Gasteiger charge is 2.11. The Morgan fingerprint density at radius 1 is 1.20 bits per heavy atom. The highest BCUT2D eigenvalue weighted by Crippen LogP contribution is 2.20. The Kier molecular flexibility index (Phi) is 5.06. The van der Waals surface area contributed by atoms with E-state index in [1.54, 1.807) is 60.5 Å². The van der Waals surface area contributed by atoms with Gasteiger partial charge in [-0.3, -0.25) is 14.5 Å². The highest BCUT2D eigenvalue weighted by atomic mass is 35.5. The van der Waals surface area contributed by atoms with E-state index in [4.69, 9.17) is 11.6 Å². The van der Waals surface area contributed by atoms with Gasteiger partial charge in [0.05, 0.1) is 29.3 Å². The van der Waals surface area contributed by atoms with Crippen molar-refractivity contribution in [2.24, 2.45) is 0 Å². The van der Waals surface area contributed by atoms with Crippen molar-refractivity contribution in [2.45, 2.75) is 6.67 Å². The summed E-state index contributed by atoms with van der Waals surface area (Å²) in [6, 6.07) is 14.0. The van der Waals surface area contributed by atoms with Crippen LogP contribution in [0.4, 0.5) is 5.69 Å². The van der Waals surface area contributed by atoms with Gasteiger partial charge >= 0.3 is 0 Å². The largest absolute Gasteiger partial charge is 0.324 e. The Morgan fingerprint density at radius 3 is 2.72 bits per heavy atom. The van der Waals surface area contributed by atoms with Crippen molar-refractivity contribution >= 4 is 34.1 Å². The molecular weight excluding hydrogens is 342 g/mol. The zero-order valence-electron chi connectivity index (χ0n) is 13.5. The molecule has 0 unspecified atom stereocenters. The predicted octanol–water partition coefficient (Wildman–Crippen LogP) is 1.97. The number of carbonyl (C=O) groups is 1. The first-order chi connectivity index (χ1) is 12.0. The summed E-state index contributed by atoms with van der Waals surface area (Å²) in [5.74, 6) is -0.239. The number of nitrogens with one attached hydrogen (secondary N) is 1. The summed E-state index contributed by atoms with van der Waals surface area (Å²) >= 11 is 6.02. The van der Waals surface area contributed by atoms with Gasteiger partial charge in [0.2, 0.25) is 5.91 Å². The van der Waals surface area contributed by atoms with E-state index in [1.165, 1.54) is 4.68 Å². The summed E-state index contributed by atoms with van der Waals surface area (Å²) < 4.78 is 1.23. The number of halogens is 1. The Balaban J connectivity index is 1.67. The molecule has 3 aromatic rings. The monoisotopic (exact) mass is 357 g/mol. The summed E-state index contributed by atoms with van der Waals surface area (Å²) in [5, 5.41) is 11.6. The number of hydrogen-bond donors (Lipinski definition) is 1. The molecule has 0 bridgehead atoms. The Morgan fingerprint density at radius 2 is 1.92 bits per heavy atom. The molecule has 1 N–H and O–H groups in total. The van der Waals surface area contributed by atoms with Gasteiger partial charge in [-0.05, 0) is 31.3 Å². The van der Waals surface area contributed by atoms with Crippen molar-refractivity contribution in [3.05, 3.63) is 63.9 Å². The fourth-order valence-electron chi connectivity index (χ4n) is 2.39. The van der Waals surface area contributed by atoms with Crippen molar-refractivity contribution in [1.82, 2.24) is 19.9 Å². The molecule has 1 amide bonds. The van der Waals surface area contributed by atoms with Gasteiger partial charge in [0.1, 0.15) is 5.52 Å². The third kappa shape index (κ3) is 4.01. The van der Waals surface area contributed by atoms with Crippen molar-refractivity contribution in [2.75, 3.05) is 18.9 Å². The number of nitrogens with zero attached hydrogens (tertiary/aromatic N) is 4. The van der Waals surface area contributed by atoms with Crippen molar-refractivity contribution < 1.29 is 4.79 Å². The molecule has 0 aliphatic carbocycles. The van der Waals surface area contributed by atoms with Crippen LogP contribution in [-0.2, 0) is 11.5 Å². The van der Waals surface area contributed by atoms with Crippen LogP contribution in [0.1, 0.15) is 0 Å². The first kappa shape index (κ1) is 17.1. The summed E-state index contributed by atoms with van der Waals surface area (Å²) in [4.78, 5) is 26.2. The minimum Gasteiger partial charge on any atom is -0.324 e. The molecule has 3 rings (SSSR count). The Hall–Kier alpha value is -2.77. The van der Waals surface area contributed by atoms with Crippen molar-refractivity contribution in [1.29, 1.82) is 0 Å². The van der Waals surface area contributed by atoms with Gasteiger partial charge in [0, 0.05) is 0 Å². The molecule has 2 aromatic carbocycles. The van der Waals surface area contributed by atoms with Gasteiger partial charge in [0.15, 0.2) is 0 Å². The topological polar surface area (TPSA) is 80.1 Å². The normalized spacial score (nSPS) is 11.0. The number of likely N-dealkylation sites (N-methyl/N-ethyl adjacent to an activating group) is 1. The van der Waals surface area contributed by atoms with Crippen LogP contribution in [0, 0.1) is 0 Å². The second-order valence-electron chi connectivity index (χ2n) is 5.59. The predicted molar refractivity (Wildman–Crippen MR) is 96.5 cm³/mol. The van der Waals surface area contributed by atoms with Gasteiger partial charge in [-0.15, -0.1) is 5.10 Å². The van der Waals surface area contributed by atoms with E-state index >= 15 is 0 Å². The lowest BCUT2D eigenvalue weighted by Gasteiger charge is -2.17. The van der Waals surface area contributed by atoms with Crippen LogP contribution < -0.4 is 10.9 Å². The van der Waals surface area contributed by atoms with Crippen LogP contribution in [0.15, 0.2) is 53.3 Å². The summed E-state index contributed by atoms with van der Waals surface area (Å²) in [5.41, 5.74) is 0.844. The molecule has 0 aliphatic heterocycles. The number of fused-ring (bicyclic) bond motifs is 1. The minimum atomic E-state index is -0.246. The average molecular weight is 358 g/mol. The fourth-order valence-corrected chi connectivity index (χ4v) is 2.58. The number of anilines is 1. The molecule has 0 spiro atoms. The third-order valence-electron chi connectivity index (χ3n) is 3.57. The molecular formula is C17H16ClN5O2. The van der Waals surface area contributed by atoms with Crippen molar-refractivity contribution in [3.63, 3.8) is 0 Å². The van der Waals surface area contributed by atoms with Crippen LogP contribution in [0.2, 0.25) is 5.02 Å². The molecule has 0 radical (unpaired) electrons. The zero-order chi connectivity index (χ0) is 17.8.